The van der Waals surface area contributed by atoms with E-state index >= 15 is 0 Å². The summed E-state index contributed by atoms with van der Waals surface area (Å²) in [6.45, 7) is 0. The van der Waals surface area contributed by atoms with E-state index in [9.17, 15) is 18.0 Å². The molecule has 0 saturated carbocycles. The summed E-state index contributed by atoms with van der Waals surface area (Å²) in [5.74, 6) is -1.75. The second-order valence-electron chi connectivity index (χ2n) is 2.84. The maximum absolute atomic E-state index is 11.8. The molecule has 0 radical (unpaired) electrons. The smallest absolute Gasteiger partial charge is 0.399 e. The summed E-state index contributed by atoms with van der Waals surface area (Å²) < 4.78 is 35.5. The fraction of sp³-hybridized carbons (Fsp3) is 0.222. The molecule has 0 unspecified atom stereocenters. The molecule has 0 aromatic heterocycles. The van der Waals surface area contributed by atoms with Crippen molar-refractivity contribution in [2.24, 2.45) is 0 Å². The van der Waals surface area contributed by atoms with Crippen molar-refractivity contribution < 1.29 is 18.0 Å². The maximum Gasteiger partial charge on any atom is 0.450 e. The molecule has 5 heteroatoms. The van der Waals surface area contributed by atoms with Crippen LogP contribution in [0, 0.1) is 0 Å². The van der Waals surface area contributed by atoms with Crippen LogP contribution in [0.25, 0.3) is 0 Å². The highest BCUT2D eigenvalue weighted by Gasteiger charge is 2.37. The van der Waals surface area contributed by atoms with Crippen LogP contribution in [0.2, 0.25) is 0 Å². The lowest BCUT2D eigenvalue weighted by Gasteiger charge is -2.04. The summed E-state index contributed by atoms with van der Waals surface area (Å²) in [5.41, 5.74) is 6.10. The van der Waals surface area contributed by atoms with Gasteiger partial charge in [0, 0.05) is 12.1 Å². The second kappa shape index (κ2) is 3.69. The maximum atomic E-state index is 11.8. The minimum atomic E-state index is -4.76. The van der Waals surface area contributed by atoms with Crippen molar-refractivity contribution in [1.82, 2.24) is 0 Å². The van der Waals surface area contributed by atoms with Crippen molar-refractivity contribution in [3.8, 4) is 0 Å². The molecule has 76 valence electrons. The lowest BCUT2D eigenvalue weighted by Crippen LogP contribution is -2.24. The Morgan fingerprint density at radius 1 is 1.21 bits per heavy atom. The first kappa shape index (κ1) is 10.6. The number of carbonyl (C=O) groups excluding carboxylic acids is 1. The lowest BCUT2D eigenvalue weighted by molar-refractivity contribution is -0.170. The fourth-order valence-corrected chi connectivity index (χ4v) is 0.921. The fourth-order valence-electron chi connectivity index (χ4n) is 0.921. The number of halogens is 3. The zero-order valence-electron chi connectivity index (χ0n) is 7.14. The zero-order chi connectivity index (χ0) is 10.8. The molecule has 0 atom stereocenters. The van der Waals surface area contributed by atoms with E-state index in [1.54, 1.807) is 0 Å². The molecule has 0 bridgehead atoms. The van der Waals surface area contributed by atoms with Crippen LogP contribution in [-0.2, 0) is 11.2 Å². The predicted molar refractivity (Wildman–Crippen MR) is 45.6 cm³/mol. The summed E-state index contributed by atoms with van der Waals surface area (Å²) in [4.78, 5) is 10.6. The highest BCUT2D eigenvalue weighted by atomic mass is 19.4. The number of Topliss-reactive ketones (excluding diaryl/α,β-unsaturated/α-hetero) is 1. The molecule has 1 rings (SSSR count). The summed E-state index contributed by atoms with van der Waals surface area (Å²) >= 11 is 0. The molecule has 0 aliphatic carbocycles. The van der Waals surface area contributed by atoms with Gasteiger partial charge in [-0.25, -0.2) is 0 Å². The Balaban J connectivity index is 2.71. The van der Waals surface area contributed by atoms with Gasteiger partial charge < -0.3 is 5.73 Å². The van der Waals surface area contributed by atoms with Gasteiger partial charge in [0.1, 0.15) is 0 Å². The topological polar surface area (TPSA) is 43.1 Å². The largest absolute Gasteiger partial charge is 0.450 e. The molecule has 0 saturated heterocycles. The zero-order valence-corrected chi connectivity index (χ0v) is 7.14. The Morgan fingerprint density at radius 2 is 1.71 bits per heavy atom. The van der Waals surface area contributed by atoms with Gasteiger partial charge in [0.15, 0.2) is 0 Å². The molecule has 0 aliphatic heterocycles. The van der Waals surface area contributed by atoms with Gasteiger partial charge >= 0.3 is 6.18 Å². The number of ketones is 1. The van der Waals surface area contributed by atoms with Crippen LogP contribution in [0.3, 0.4) is 0 Å². The van der Waals surface area contributed by atoms with Crippen molar-refractivity contribution in [2.75, 3.05) is 5.73 Å². The molecule has 1 aromatic carbocycles. The van der Waals surface area contributed by atoms with Crippen molar-refractivity contribution in [3.05, 3.63) is 29.8 Å². The van der Waals surface area contributed by atoms with Gasteiger partial charge in [-0.05, 0) is 17.7 Å². The Labute approximate surface area is 78.5 Å². The summed E-state index contributed by atoms with van der Waals surface area (Å²) in [5, 5.41) is 0. The van der Waals surface area contributed by atoms with E-state index in [2.05, 4.69) is 0 Å². The molecule has 0 heterocycles. The number of anilines is 1. The Morgan fingerprint density at radius 3 is 2.14 bits per heavy atom. The molecular weight excluding hydrogens is 195 g/mol. The van der Waals surface area contributed by atoms with Gasteiger partial charge in [0.05, 0.1) is 0 Å². The van der Waals surface area contributed by atoms with Crippen LogP contribution < -0.4 is 5.73 Å². The summed E-state index contributed by atoms with van der Waals surface area (Å²) in [6, 6.07) is 5.72. The second-order valence-corrected chi connectivity index (χ2v) is 2.84. The standard InChI is InChI=1S/C9H8F3NO/c10-9(11,12)8(14)5-6-1-3-7(13)4-2-6/h1-4H,5,13H2. The van der Waals surface area contributed by atoms with Crippen molar-refractivity contribution in [3.63, 3.8) is 0 Å². The quantitative estimate of drug-likeness (QED) is 0.746. The average Bonchev–Trinajstić information content (AvgIpc) is 2.07. The Hall–Kier alpha value is -1.52. The minimum Gasteiger partial charge on any atom is -0.399 e. The van der Waals surface area contributed by atoms with Crippen LogP contribution >= 0.6 is 0 Å². The number of hydrogen-bond donors (Lipinski definition) is 1. The lowest BCUT2D eigenvalue weighted by atomic mass is 10.1. The van der Waals surface area contributed by atoms with E-state index in [4.69, 9.17) is 5.73 Å². The first-order valence-electron chi connectivity index (χ1n) is 3.84. The Kier molecular flexibility index (Phi) is 2.78. The first-order valence-corrected chi connectivity index (χ1v) is 3.84. The molecule has 2 N–H and O–H groups in total. The van der Waals surface area contributed by atoms with E-state index in [-0.39, 0.29) is 0 Å². The third kappa shape index (κ3) is 2.76. The van der Waals surface area contributed by atoms with Crippen molar-refractivity contribution >= 4 is 11.5 Å². The number of nitrogens with two attached hydrogens (primary N) is 1. The van der Waals surface area contributed by atoms with Gasteiger partial charge in [-0.1, -0.05) is 12.1 Å². The summed E-state index contributed by atoms with van der Waals surface area (Å²) in [7, 11) is 0. The molecule has 1 aromatic rings. The first-order chi connectivity index (χ1) is 6.39. The molecule has 0 fully saturated rings. The minimum absolute atomic E-state index is 0.307. The molecule has 0 amide bonds. The van der Waals surface area contributed by atoms with Crippen LogP contribution in [0.1, 0.15) is 5.56 Å². The van der Waals surface area contributed by atoms with Gasteiger partial charge in [-0.2, -0.15) is 13.2 Å². The molecule has 0 aliphatic rings. The number of nitrogen functional groups attached to an aromatic ring is 1. The van der Waals surface area contributed by atoms with Crippen LogP contribution in [0.5, 0.6) is 0 Å². The van der Waals surface area contributed by atoms with Gasteiger partial charge in [0.25, 0.3) is 0 Å². The third-order valence-electron chi connectivity index (χ3n) is 1.66. The molecule has 0 spiro atoms. The van der Waals surface area contributed by atoms with Crippen LogP contribution in [0.4, 0.5) is 18.9 Å². The number of alkyl halides is 3. The van der Waals surface area contributed by atoms with Crippen molar-refractivity contribution in [1.29, 1.82) is 0 Å². The number of benzene rings is 1. The van der Waals surface area contributed by atoms with Crippen LogP contribution in [-0.4, -0.2) is 12.0 Å². The summed E-state index contributed by atoms with van der Waals surface area (Å²) in [6.07, 6.45) is -5.40. The van der Waals surface area contributed by atoms with Gasteiger partial charge in [-0.15, -0.1) is 0 Å². The highest BCUT2D eigenvalue weighted by Crippen LogP contribution is 2.19. The average molecular weight is 203 g/mol. The van der Waals surface area contributed by atoms with Crippen molar-refractivity contribution in [2.45, 2.75) is 12.6 Å². The number of hydrogen-bond acceptors (Lipinski definition) is 2. The SMILES string of the molecule is Nc1ccc(CC(=O)C(F)(F)F)cc1. The normalized spacial score (nSPS) is 11.4. The molecular formula is C9H8F3NO. The molecule has 14 heavy (non-hydrogen) atoms. The van der Waals surface area contributed by atoms with E-state index in [1.165, 1.54) is 24.3 Å². The van der Waals surface area contributed by atoms with E-state index < -0.39 is 18.4 Å². The van der Waals surface area contributed by atoms with E-state index in [0.717, 1.165) is 0 Å². The monoisotopic (exact) mass is 203 g/mol. The molecule has 2 nitrogen and oxygen atoms in total. The number of rotatable bonds is 2. The highest BCUT2D eigenvalue weighted by molar-refractivity contribution is 5.86. The van der Waals surface area contributed by atoms with Crippen LogP contribution in [0.15, 0.2) is 24.3 Å². The Bertz CT molecular complexity index is 329. The van der Waals surface area contributed by atoms with E-state index in [1.807, 2.05) is 0 Å². The predicted octanol–water partition coefficient (Wildman–Crippen LogP) is 1.94. The van der Waals surface area contributed by atoms with Gasteiger partial charge in [-0.3, -0.25) is 4.79 Å². The number of carbonyl (C=O) groups is 1. The third-order valence-corrected chi connectivity index (χ3v) is 1.66. The van der Waals surface area contributed by atoms with Gasteiger partial charge in [0.2, 0.25) is 5.78 Å². The van der Waals surface area contributed by atoms with E-state index in [0.29, 0.717) is 11.3 Å².